The van der Waals surface area contributed by atoms with Crippen LogP contribution in [0.5, 0.6) is 5.75 Å². The number of anilines is 1. The Labute approximate surface area is 86.5 Å². The quantitative estimate of drug-likeness (QED) is 0.858. The second-order valence-corrected chi connectivity index (χ2v) is 3.54. The summed E-state index contributed by atoms with van der Waals surface area (Å²) >= 11 is 2.26. The van der Waals surface area contributed by atoms with Crippen LogP contribution in [-0.2, 0) is 0 Å². The number of benzene rings is 1. The Kier molecular flexibility index (Phi) is 3.65. The van der Waals surface area contributed by atoms with E-state index in [1.807, 2.05) is 12.1 Å². The number of methoxy groups -OCH3 is 1. The van der Waals surface area contributed by atoms with Crippen molar-refractivity contribution in [1.29, 1.82) is 0 Å². The number of ether oxygens (including phenoxy) is 1. The molecule has 0 unspecified atom stereocenters. The summed E-state index contributed by atoms with van der Waals surface area (Å²) in [6.07, 6.45) is 0. The van der Waals surface area contributed by atoms with E-state index in [4.69, 9.17) is 4.74 Å². The first-order valence-electron chi connectivity index (χ1n) is 3.85. The van der Waals surface area contributed by atoms with Crippen LogP contribution in [0.4, 0.5) is 5.69 Å². The van der Waals surface area contributed by atoms with Crippen molar-refractivity contribution in [2.24, 2.45) is 0 Å². The van der Waals surface area contributed by atoms with Gasteiger partial charge in [-0.15, -0.1) is 0 Å². The average Bonchev–Trinajstić information content (AvgIpc) is 2.05. The van der Waals surface area contributed by atoms with E-state index in [1.54, 1.807) is 7.11 Å². The molecule has 0 aliphatic rings. The van der Waals surface area contributed by atoms with Gasteiger partial charge in [0.1, 0.15) is 5.75 Å². The fourth-order valence-corrected chi connectivity index (χ4v) is 1.72. The summed E-state index contributed by atoms with van der Waals surface area (Å²) in [5.74, 6) is 0.928. The number of nitrogens with one attached hydrogen (secondary N) is 1. The van der Waals surface area contributed by atoms with Crippen LogP contribution in [0, 0.1) is 3.57 Å². The first-order valence-corrected chi connectivity index (χ1v) is 4.93. The van der Waals surface area contributed by atoms with Gasteiger partial charge in [-0.1, -0.05) is 0 Å². The molecular formula is C9H12INO. The highest BCUT2D eigenvalue weighted by Gasteiger charge is 1.99. The van der Waals surface area contributed by atoms with E-state index in [-0.39, 0.29) is 0 Å². The first kappa shape index (κ1) is 9.64. The van der Waals surface area contributed by atoms with Gasteiger partial charge < -0.3 is 10.1 Å². The number of hydrogen-bond acceptors (Lipinski definition) is 2. The van der Waals surface area contributed by atoms with Gasteiger partial charge >= 0.3 is 0 Å². The third kappa shape index (κ3) is 2.27. The van der Waals surface area contributed by atoms with Gasteiger partial charge in [-0.2, -0.15) is 0 Å². The average molecular weight is 277 g/mol. The molecule has 0 aromatic heterocycles. The van der Waals surface area contributed by atoms with Gasteiger partial charge in [-0.05, 0) is 47.7 Å². The fraction of sp³-hybridized carbons (Fsp3) is 0.333. The van der Waals surface area contributed by atoms with E-state index in [0.29, 0.717) is 0 Å². The van der Waals surface area contributed by atoms with Crippen LogP contribution in [-0.4, -0.2) is 13.7 Å². The molecule has 2 nitrogen and oxygen atoms in total. The number of rotatable bonds is 3. The molecule has 0 heterocycles. The van der Waals surface area contributed by atoms with Crippen LogP contribution < -0.4 is 10.1 Å². The SMILES string of the molecule is CCNc1ccc(OC)c(I)c1. The maximum atomic E-state index is 5.14. The Morgan fingerprint density at radius 2 is 2.25 bits per heavy atom. The minimum Gasteiger partial charge on any atom is -0.496 e. The van der Waals surface area contributed by atoms with Crippen LogP contribution in [0.1, 0.15) is 6.92 Å². The van der Waals surface area contributed by atoms with Crippen molar-refractivity contribution in [3.8, 4) is 5.75 Å². The summed E-state index contributed by atoms with van der Waals surface area (Å²) in [6, 6.07) is 6.06. The van der Waals surface area contributed by atoms with Gasteiger partial charge in [0.15, 0.2) is 0 Å². The Morgan fingerprint density at radius 1 is 1.50 bits per heavy atom. The molecule has 66 valence electrons. The summed E-state index contributed by atoms with van der Waals surface area (Å²) < 4.78 is 6.28. The van der Waals surface area contributed by atoms with Crippen molar-refractivity contribution in [2.45, 2.75) is 6.92 Å². The molecule has 1 rings (SSSR count). The monoisotopic (exact) mass is 277 g/mol. The molecular weight excluding hydrogens is 265 g/mol. The van der Waals surface area contributed by atoms with Crippen LogP contribution in [0.3, 0.4) is 0 Å². The number of hydrogen-bond donors (Lipinski definition) is 1. The van der Waals surface area contributed by atoms with E-state index in [1.165, 1.54) is 0 Å². The molecule has 1 N–H and O–H groups in total. The highest BCUT2D eigenvalue weighted by atomic mass is 127. The predicted octanol–water partition coefficient (Wildman–Crippen LogP) is 2.73. The van der Waals surface area contributed by atoms with Gasteiger partial charge in [0.05, 0.1) is 10.7 Å². The Hall–Kier alpha value is -0.450. The zero-order chi connectivity index (χ0) is 8.97. The summed E-state index contributed by atoms with van der Waals surface area (Å²) in [5.41, 5.74) is 1.14. The van der Waals surface area contributed by atoms with Crippen molar-refractivity contribution in [3.05, 3.63) is 21.8 Å². The van der Waals surface area contributed by atoms with Crippen LogP contribution in [0.25, 0.3) is 0 Å². The Balaban J connectivity index is 2.86. The Bertz CT molecular complexity index is 263. The zero-order valence-electron chi connectivity index (χ0n) is 7.23. The minimum atomic E-state index is 0.928. The maximum Gasteiger partial charge on any atom is 0.132 e. The standard InChI is InChI=1S/C9H12INO/c1-3-11-7-4-5-9(12-2)8(10)6-7/h4-6,11H,3H2,1-2H3. The van der Waals surface area contributed by atoms with E-state index < -0.39 is 0 Å². The largest absolute Gasteiger partial charge is 0.496 e. The molecule has 0 atom stereocenters. The summed E-state index contributed by atoms with van der Waals surface area (Å²) in [4.78, 5) is 0. The molecule has 0 saturated carbocycles. The molecule has 12 heavy (non-hydrogen) atoms. The maximum absolute atomic E-state index is 5.14. The zero-order valence-corrected chi connectivity index (χ0v) is 9.38. The fourth-order valence-electron chi connectivity index (χ4n) is 0.980. The lowest BCUT2D eigenvalue weighted by Gasteiger charge is -2.06. The molecule has 0 amide bonds. The van der Waals surface area contributed by atoms with E-state index >= 15 is 0 Å². The van der Waals surface area contributed by atoms with E-state index in [0.717, 1.165) is 21.6 Å². The lowest BCUT2D eigenvalue weighted by molar-refractivity contribution is 0.412. The smallest absolute Gasteiger partial charge is 0.132 e. The lowest BCUT2D eigenvalue weighted by atomic mass is 10.3. The summed E-state index contributed by atoms with van der Waals surface area (Å²) in [6.45, 7) is 3.03. The van der Waals surface area contributed by atoms with Crippen molar-refractivity contribution < 1.29 is 4.74 Å². The third-order valence-corrected chi connectivity index (χ3v) is 2.38. The summed E-state index contributed by atoms with van der Waals surface area (Å²) in [5, 5.41) is 3.24. The molecule has 0 saturated heterocycles. The van der Waals surface area contributed by atoms with Gasteiger partial charge in [-0.3, -0.25) is 0 Å². The molecule has 0 spiro atoms. The normalized spacial score (nSPS) is 9.58. The summed E-state index contributed by atoms with van der Waals surface area (Å²) in [7, 11) is 1.68. The molecule has 0 radical (unpaired) electrons. The molecule has 0 aliphatic heterocycles. The molecule has 0 bridgehead atoms. The first-order chi connectivity index (χ1) is 5.77. The topological polar surface area (TPSA) is 21.3 Å². The minimum absolute atomic E-state index is 0.928. The van der Waals surface area contributed by atoms with Crippen LogP contribution >= 0.6 is 22.6 Å². The molecule has 1 aromatic rings. The van der Waals surface area contributed by atoms with Gasteiger partial charge in [0, 0.05) is 12.2 Å². The Morgan fingerprint density at radius 3 is 2.75 bits per heavy atom. The predicted molar refractivity (Wildman–Crippen MR) is 59.9 cm³/mol. The van der Waals surface area contributed by atoms with Crippen molar-refractivity contribution in [3.63, 3.8) is 0 Å². The lowest BCUT2D eigenvalue weighted by Crippen LogP contribution is -1.97. The molecule has 0 aliphatic carbocycles. The van der Waals surface area contributed by atoms with E-state index in [2.05, 4.69) is 40.9 Å². The van der Waals surface area contributed by atoms with E-state index in [9.17, 15) is 0 Å². The second kappa shape index (κ2) is 4.54. The highest BCUT2D eigenvalue weighted by molar-refractivity contribution is 14.1. The second-order valence-electron chi connectivity index (χ2n) is 2.38. The van der Waals surface area contributed by atoms with Crippen molar-refractivity contribution in [1.82, 2.24) is 0 Å². The van der Waals surface area contributed by atoms with Crippen molar-refractivity contribution >= 4 is 28.3 Å². The van der Waals surface area contributed by atoms with Crippen LogP contribution in [0.15, 0.2) is 18.2 Å². The molecule has 0 fully saturated rings. The highest BCUT2D eigenvalue weighted by Crippen LogP contribution is 2.23. The van der Waals surface area contributed by atoms with Crippen LogP contribution in [0.2, 0.25) is 0 Å². The third-order valence-electron chi connectivity index (χ3n) is 1.53. The molecule has 3 heteroatoms. The van der Waals surface area contributed by atoms with Gasteiger partial charge in [-0.25, -0.2) is 0 Å². The van der Waals surface area contributed by atoms with Gasteiger partial charge in [0.2, 0.25) is 0 Å². The molecule has 1 aromatic carbocycles. The van der Waals surface area contributed by atoms with Crippen molar-refractivity contribution in [2.75, 3.05) is 19.0 Å². The van der Waals surface area contributed by atoms with Gasteiger partial charge in [0.25, 0.3) is 0 Å². The number of halogens is 1.